The Bertz CT molecular complexity index is 2810. The molecule has 0 unspecified atom stereocenters. The molecule has 0 saturated heterocycles. The molecule has 0 N–H and O–H groups in total. The monoisotopic (exact) mass is 641 g/mol. The topological polar surface area (TPSA) is 65.0 Å². The maximum atomic E-state index is 6.36. The number of hydrogen-bond acceptors (Lipinski definition) is 5. The van der Waals surface area contributed by atoms with E-state index in [0.29, 0.717) is 17.5 Å². The Morgan fingerprint density at radius 2 is 0.780 bits per heavy atom. The van der Waals surface area contributed by atoms with Gasteiger partial charge in [0.25, 0.3) is 0 Å². The Hall–Kier alpha value is -6.85. The minimum Gasteiger partial charge on any atom is -0.456 e. The Kier molecular flexibility index (Phi) is 6.42. The Labute approximate surface area is 287 Å². The summed E-state index contributed by atoms with van der Waals surface area (Å²) in [5.41, 5.74) is 10.2. The van der Waals surface area contributed by atoms with Crippen molar-refractivity contribution in [2.75, 3.05) is 0 Å². The summed E-state index contributed by atoms with van der Waals surface area (Å²) in [4.78, 5) is 15.4. The lowest BCUT2D eigenvalue weighted by Gasteiger charge is -2.16. The molecule has 10 aromatic rings. The van der Waals surface area contributed by atoms with Crippen molar-refractivity contribution < 1.29 is 8.83 Å². The van der Waals surface area contributed by atoms with Crippen molar-refractivity contribution in [1.82, 2.24) is 15.0 Å². The van der Waals surface area contributed by atoms with E-state index in [-0.39, 0.29) is 0 Å². The van der Waals surface area contributed by atoms with Crippen LogP contribution >= 0.6 is 0 Å². The highest BCUT2D eigenvalue weighted by Crippen LogP contribution is 2.43. The summed E-state index contributed by atoms with van der Waals surface area (Å²) in [7, 11) is 0. The first-order valence-corrected chi connectivity index (χ1v) is 16.6. The zero-order chi connectivity index (χ0) is 33.0. The third-order valence-corrected chi connectivity index (χ3v) is 9.36. The minimum absolute atomic E-state index is 0.588. The normalized spacial score (nSPS) is 11.6. The molecule has 0 spiro atoms. The lowest BCUT2D eigenvalue weighted by atomic mass is 9.90. The number of fused-ring (bicyclic) bond motifs is 6. The molecule has 3 heterocycles. The maximum Gasteiger partial charge on any atom is 0.165 e. The van der Waals surface area contributed by atoms with Gasteiger partial charge in [-0.15, -0.1) is 0 Å². The summed E-state index contributed by atoms with van der Waals surface area (Å²) in [6.07, 6.45) is 0. The van der Waals surface area contributed by atoms with E-state index in [2.05, 4.69) is 66.7 Å². The third-order valence-electron chi connectivity index (χ3n) is 9.36. The summed E-state index contributed by atoms with van der Waals surface area (Å²) in [6.45, 7) is 0. The standard InChI is InChI=1S/C45H27N3O2/c1-3-12-28(13-4-1)43-46-44(29-14-5-2-6-15-29)48-45(47-43)42-32(30-23-25-40-37(26-30)35-17-8-10-21-39(35)49-40)18-11-19-33(42)31-22-24-36-34-16-7-9-20-38(34)50-41(36)27-31/h1-27H. The molecular formula is C45H27N3O2. The Balaban J connectivity index is 1.27. The van der Waals surface area contributed by atoms with E-state index < -0.39 is 0 Å². The Morgan fingerprint density at radius 3 is 1.44 bits per heavy atom. The molecule has 3 aromatic heterocycles. The van der Waals surface area contributed by atoms with Gasteiger partial charge in [0, 0.05) is 38.2 Å². The van der Waals surface area contributed by atoms with Crippen LogP contribution in [0.2, 0.25) is 0 Å². The third kappa shape index (κ3) is 4.67. The predicted octanol–water partition coefficient (Wildman–Crippen LogP) is 12.0. The molecule has 0 bridgehead atoms. The number of rotatable bonds is 5. The van der Waals surface area contributed by atoms with Gasteiger partial charge < -0.3 is 8.83 Å². The molecule has 7 aromatic carbocycles. The first-order chi connectivity index (χ1) is 24.8. The zero-order valence-electron chi connectivity index (χ0n) is 26.7. The summed E-state index contributed by atoms with van der Waals surface area (Å²) in [5.74, 6) is 1.81. The van der Waals surface area contributed by atoms with Gasteiger partial charge in [-0.25, -0.2) is 15.0 Å². The number of aromatic nitrogens is 3. The van der Waals surface area contributed by atoms with Crippen LogP contribution in [0, 0.1) is 0 Å². The van der Waals surface area contributed by atoms with Gasteiger partial charge in [0.2, 0.25) is 0 Å². The molecule has 0 aliphatic rings. The second-order valence-electron chi connectivity index (χ2n) is 12.4. The molecular weight excluding hydrogens is 615 g/mol. The summed E-state index contributed by atoms with van der Waals surface area (Å²) >= 11 is 0. The predicted molar refractivity (Wildman–Crippen MR) is 202 cm³/mol. The average molecular weight is 642 g/mol. The molecule has 0 saturated carbocycles. The van der Waals surface area contributed by atoms with E-state index in [0.717, 1.165) is 82.8 Å². The van der Waals surface area contributed by atoms with Crippen molar-refractivity contribution in [2.24, 2.45) is 0 Å². The first kappa shape index (κ1) is 28.2. The molecule has 5 nitrogen and oxygen atoms in total. The summed E-state index contributed by atoms with van der Waals surface area (Å²) < 4.78 is 12.6. The number of para-hydroxylation sites is 2. The van der Waals surface area contributed by atoms with Crippen molar-refractivity contribution in [3.05, 3.63) is 164 Å². The lowest BCUT2D eigenvalue weighted by Crippen LogP contribution is -2.02. The molecule has 0 fully saturated rings. The van der Waals surface area contributed by atoms with Crippen LogP contribution in [0.5, 0.6) is 0 Å². The van der Waals surface area contributed by atoms with Gasteiger partial charge in [-0.2, -0.15) is 0 Å². The molecule has 10 rings (SSSR count). The van der Waals surface area contributed by atoms with Crippen LogP contribution in [0.1, 0.15) is 0 Å². The van der Waals surface area contributed by atoms with Gasteiger partial charge in [0.15, 0.2) is 17.5 Å². The van der Waals surface area contributed by atoms with Crippen molar-refractivity contribution in [3.8, 4) is 56.4 Å². The van der Waals surface area contributed by atoms with Crippen LogP contribution in [0.25, 0.3) is 100 Å². The highest BCUT2D eigenvalue weighted by atomic mass is 16.3. The number of furan rings is 2. The maximum absolute atomic E-state index is 6.36. The molecule has 0 aliphatic heterocycles. The van der Waals surface area contributed by atoms with Crippen LogP contribution in [0.3, 0.4) is 0 Å². The molecule has 0 radical (unpaired) electrons. The van der Waals surface area contributed by atoms with Gasteiger partial charge in [-0.05, 0) is 58.7 Å². The van der Waals surface area contributed by atoms with E-state index >= 15 is 0 Å². The zero-order valence-corrected chi connectivity index (χ0v) is 26.7. The molecule has 0 amide bonds. The molecule has 5 heteroatoms. The fourth-order valence-electron chi connectivity index (χ4n) is 6.98. The molecule has 0 atom stereocenters. The highest BCUT2D eigenvalue weighted by molar-refractivity contribution is 6.08. The van der Waals surface area contributed by atoms with Gasteiger partial charge in [-0.1, -0.05) is 127 Å². The second kappa shape index (κ2) is 11.4. The number of benzene rings is 7. The van der Waals surface area contributed by atoms with Crippen molar-refractivity contribution in [2.45, 2.75) is 0 Å². The number of nitrogens with zero attached hydrogens (tertiary/aromatic N) is 3. The molecule has 234 valence electrons. The Morgan fingerprint density at radius 1 is 0.300 bits per heavy atom. The van der Waals surface area contributed by atoms with Gasteiger partial charge >= 0.3 is 0 Å². The van der Waals surface area contributed by atoms with Crippen molar-refractivity contribution in [3.63, 3.8) is 0 Å². The van der Waals surface area contributed by atoms with Crippen LogP contribution in [-0.4, -0.2) is 15.0 Å². The minimum atomic E-state index is 0.588. The quantitative estimate of drug-likeness (QED) is 0.187. The van der Waals surface area contributed by atoms with E-state index in [1.54, 1.807) is 0 Å². The smallest absolute Gasteiger partial charge is 0.165 e. The SMILES string of the molecule is c1ccc(-c2nc(-c3ccccc3)nc(-c3c(-c4ccc5c(c4)oc4ccccc45)cccc3-c3ccc4oc5ccccc5c4c3)n2)cc1. The first-order valence-electron chi connectivity index (χ1n) is 16.6. The van der Waals surface area contributed by atoms with Crippen LogP contribution in [0.15, 0.2) is 173 Å². The highest BCUT2D eigenvalue weighted by Gasteiger charge is 2.21. The van der Waals surface area contributed by atoms with Crippen LogP contribution in [0.4, 0.5) is 0 Å². The van der Waals surface area contributed by atoms with E-state index in [4.69, 9.17) is 23.8 Å². The largest absolute Gasteiger partial charge is 0.456 e. The fraction of sp³-hybridized carbons (Fsp3) is 0. The van der Waals surface area contributed by atoms with Crippen LogP contribution in [-0.2, 0) is 0 Å². The van der Waals surface area contributed by atoms with Crippen molar-refractivity contribution >= 4 is 43.9 Å². The molecule has 50 heavy (non-hydrogen) atoms. The van der Waals surface area contributed by atoms with Crippen LogP contribution < -0.4 is 0 Å². The molecule has 0 aliphatic carbocycles. The summed E-state index contributed by atoms with van der Waals surface area (Å²) in [5, 5.41) is 4.32. The van der Waals surface area contributed by atoms with Gasteiger partial charge in [0.1, 0.15) is 22.3 Å². The van der Waals surface area contributed by atoms with E-state index in [1.807, 2.05) is 97.1 Å². The van der Waals surface area contributed by atoms with E-state index in [9.17, 15) is 0 Å². The summed E-state index contributed by atoms with van der Waals surface area (Å²) in [6, 6.07) is 55.7. The number of hydrogen-bond donors (Lipinski definition) is 0. The van der Waals surface area contributed by atoms with Gasteiger partial charge in [0.05, 0.1) is 0 Å². The van der Waals surface area contributed by atoms with Crippen molar-refractivity contribution in [1.29, 1.82) is 0 Å². The van der Waals surface area contributed by atoms with E-state index in [1.165, 1.54) is 0 Å². The second-order valence-corrected chi connectivity index (χ2v) is 12.4. The lowest BCUT2D eigenvalue weighted by molar-refractivity contribution is 0.668. The fourth-order valence-corrected chi connectivity index (χ4v) is 6.98. The average Bonchev–Trinajstić information content (AvgIpc) is 3.76. The van der Waals surface area contributed by atoms with Gasteiger partial charge in [-0.3, -0.25) is 0 Å².